The fourth-order valence-electron chi connectivity index (χ4n) is 4.39. The van der Waals surface area contributed by atoms with Crippen molar-refractivity contribution in [2.75, 3.05) is 25.1 Å². The minimum Gasteiger partial charge on any atom is -0.486 e. The number of thiophene rings is 1. The molecule has 0 fully saturated rings. The maximum absolute atomic E-state index is 13.1. The third kappa shape index (κ3) is 4.14. The molecule has 0 bridgehead atoms. The second-order valence-electron chi connectivity index (χ2n) is 8.96. The van der Waals surface area contributed by atoms with E-state index < -0.39 is 5.97 Å². The van der Waals surface area contributed by atoms with E-state index in [1.165, 1.54) is 11.3 Å². The number of ether oxygens (including phenoxy) is 3. The van der Waals surface area contributed by atoms with Crippen LogP contribution >= 0.6 is 11.3 Å². The van der Waals surface area contributed by atoms with Crippen LogP contribution in [0.25, 0.3) is 0 Å². The number of fused-ring (bicyclic) bond motifs is 2. The van der Waals surface area contributed by atoms with Gasteiger partial charge in [-0.25, -0.2) is 4.79 Å². The van der Waals surface area contributed by atoms with Crippen molar-refractivity contribution in [3.63, 3.8) is 0 Å². The van der Waals surface area contributed by atoms with E-state index >= 15 is 0 Å². The molecule has 166 valence electrons. The molecule has 1 amide bonds. The Morgan fingerprint density at radius 1 is 1.16 bits per heavy atom. The van der Waals surface area contributed by atoms with Gasteiger partial charge >= 0.3 is 5.97 Å². The van der Waals surface area contributed by atoms with Gasteiger partial charge in [-0.3, -0.25) is 4.79 Å². The monoisotopic (exact) mass is 444 g/mol. The number of benzene rings is 1. The molecular weight excluding hydrogens is 416 g/mol. The van der Waals surface area contributed by atoms with E-state index in [9.17, 15) is 9.59 Å². The molecule has 2 aliphatic heterocycles. The SMILES string of the molecule is CCOC(=O)c1c(NC(=O)c2ccc3c(c2)OCCO3)sc2c1CC(C)(C)NC2(C)C. The zero-order valence-electron chi connectivity index (χ0n) is 18.5. The molecule has 7 nitrogen and oxygen atoms in total. The highest BCUT2D eigenvalue weighted by Gasteiger charge is 2.42. The molecular formula is C23H28N2O5S. The van der Waals surface area contributed by atoms with Gasteiger partial charge in [-0.05, 0) is 64.8 Å². The van der Waals surface area contributed by atoms with Gasteiger partial charge in [-0.15, -0.1) is 11.3 Å². The summed E-state index contributed by atoms with van der Waals surface area (Å²) in [7, 11) is 0. The summed E-state index contributed by atoms with van der Waals surface area (Å²) < 4.78 is 16.5. The first-order valence-corrected chi connectivity index (χ1v) is 11.3. The van der Waals surface area contributed by atoms with Crippen molar-refractivity contribution in [1.82, 2.24) is 5.32 Å². The molecule has 2 aliphatic rings. The third-order valence-electron chi connectivity index (χ3n) is 5.36. The number of hydrogen-bond acceptors (Lipinski definition) is 7. The summed E-state index contributed by atoms with van der Waals surface area (Å²) >= 11 is 1.42. The highest BCUT2D eigenvalue weighted by molar-refractivity contribution is 7.17. The van der Waals surface area contributed by atoms with Gasteiger partial charge in [0, 0.05) is 21.5 Å². The lowest BCUT2D eigenvalue weighted by Crippen LogP contribution is -2.55. The number of hydrogen-bond donors (Lipinski definition) is 2. The van der Waals surface area contributed by atoms with Crippen molar-refractivity contribution in [3.05, 3.63) is 39.8 Å². The lowest BCUT2D eigenvalue weighted by molar-refractivity contribution is 0.0525. The third-order valence-corrected chi connectivity index (χ3v) is 6.83. The second kappa shape index (κ2) is 7.84. The summed E-state index contributed by atoms with van der Waals surface area (Å²) in [5, 5.41) is 7.09. The summed E-state index contributed by atoms with van der Waals surface area (Å²) in [4.78, 5) is 27.0. The molecule has 0 aliphatic carbocycles. The predicted molar refractivity (Wildman–Crippen MR) is 120 cm³/mol. The van der Waals surface area contributed by atoms with Gasteiger partial charge in [0.2, 0.25) is 0 Å². The fraction of sp³-hybridized carbons (Fsp3) is 0.478. The Kier molecular flexibility index (Phi) is 5.47. The van der Waals surface area contributed by atoms with E-state index in [2.05, 4.69) is 38.3 Å². The standard InChI is InChI=1S/C23H28N2O5S/c1-6-28-21(27)17-14-12-22(2,3)25-23(4,5)18(14)31-20(17)24-19(26)13-7-8-15-16(11-13)30-10-9-29-15/h7-8,11,25H,6,9-10,12H2,1-5H3,(H,24,26). The molecule has 0 radical (unpaired) electrons. The lowest BCUT2D eigenvalue weighted by Gasteiger charge is -2.42. The first kappa shape index (κ1) is 21.6. The number of carbonyl (C=O) groups excluding carboxylic acids is 2. The molecule has 31 heavy (non-hydrogen) atoms. The molecule has 0 atom stereocenters. The van der Waals surface area contributed by atoms with E-state index in [1.54, 1.807) is 25.1 Å². The zero-order chi connectivity index (χ0) is 22.4. The van der Waals surface area contributed by atoms with Gasteiger partial charge in [0.05, 0.1) is 12.2 Å². The second-order valence-corrected chi connectivity index (χ2v) is 9.98. The van der Waals surface area contributed by atoms with Crippen LogP contribution in [0.4, 0.5) is 5.00 Å². The number of amides is 1. The van der Waals surface area contributed by atoms with Gasteiger partial charge in [-0.2, -0.15) is 0 Å². The van der Waals surface area contributed by atoms with Gasteiger partial charge < -0.3 is 24.8 Å². The van der Waals surface area contributed by atoms with E-state index in [0.29, 0.717) is 47.3 Å². The molecule has 0 saturated heterocycles. The average molecular weight is 445 g/mol. The largest absolute Gasteiger partial charge is 0.486 e. The van der Waals surface area contributed by atoms with Crippen LogP contribution in [-0.2, 0) is 16.7 Å². The van der Waals surface area contributed by atoms with Crippen LogP contribution < -0.4 is 20.1 Å². The number of carbonyl (C=O) groups is 2. The van der Waals surface area contributed by atoms with E-state index in [-0.39, 0.29) is 23.6 Å². The molecule has 0 spiro atoms. The summed E-state index contributed by atoms with van der Waals surface area (Å²) in [6, 6.07) is 5.08. The highest BCUT2D eigenvalue weighted by atomic mass is 32.1. The summed E-state index contributed by atoms with van der Waals surface area (Å²) in [6.45, 7) is 11.4. The number of esters is 1. The van der Waals surface area contributed by atoms with E-state index in [0.717, 1.165) is 10.4 Å². The molecule has 0 saturated carbocycles. The molecule has 1 aromatic heterocycles. The summed E-state index contributed by atoms with van der Waals surface area (Å²) in [5.74, 6) is 0.441. The Bertz CT molecular complexity index is 1040. The fourth-order valence-corrected chi connectivity index (χ4v) is 5.65. The van der Waals surface area contributed by atoms with Crippen molar-refractivity contribution in [2.45, 2.75) is 52.1 Å². The van der Waals surface area contributed by atoms with Gasteiger partial charge in [0.25, 0.3) is 5.91 Å². The Morgan fingerprint density at radius 3 is 2.58 bits per heavy atom. The quantitative estimate of drug-likeness (QED) is 0.691. The van der Waals surface area contributed by atoms with Crippen molar-refractivity contribution >= 4 is 28.2 Å². The van der Waals surface area contributed by atoms with Crippen LogP contribution in [0.3, 0.4) is 0 Å². The first-order valence-electron chi connectivity index (χ1n) is 10.4. The number of anilines is 1. The Labute approximate surface area is 186 Å². The van der Waals surface area contributed by atoms with E-state index in [4.69, 9.17) is 14.2 Å². The highest BCUT2D eigenvalue weighted by Crippen LogP contribution is 2.45. The van der Waals surface area contributed by atoms with Crippen molar-refractivity contribution in [2.24, 2.45) is 0 Å². The van der Waals surface area contributed by atoms with Crippen molar-refractivity contribution in [1.29, 1.82) is 0 Å². The van der Waals surface area contributed by atoms with Crippen molar-refractivity contribution < 1.29 is 23.8 Å². The Hall–Kier alpha value is -2.58. The summed E-state index contributed by atoms with van der Waals surface area (Å²) in [6.07, 6.45) is 0.663. The summed E-state index contributed by atoms with van der Waals surface area (Å²) in [5.41, 5.74) is 1.28. The van der Waals surface area contributed by atoms with Gasteiger partial charge in [0.1, 0.15) is 18.2 Å². The minimum absolute atomic E-state index is 0.198. The number of rotatable bonds is 4. The molecule has 2 N–H and O–H groups in total. The molecule has 0 unspecified atom stereocenters. The van der Waals surface area contributed by atoms with Gasteiger partial charge in [0.15, 0.2) is 11.5 Å². The normalized spacial score (nSPS) is 18.1. The molecule has 4 rings (SSSR count). The molecule has 1 aromatic carbocycles. The van der Waals surface area contributed by atoms with Crippen LogP contribution in [0.2, 0.25) is 0 Å². The van der Waals surface area contributed by atoms with Crippen LogP contribution in [0.5, 0.6) is 11.5 Å². The Balaban J connectivity index is 1.72. The Morgan fingerprint density at radius 2 is 1.87 bits per heavy atom. The average Bonchev–Trinajstić information content (AvgIpc) is 3.04. The maximum Gasteiger partial charge on any atom is 0.341 e. The van der Waals surface area contributed by atoms with Crippen LogP contribution in [0, 0.1) is 0 Å². The van der Waals surface area contributed by atoms with Crippen molar-refractivity contribution in [3.8, 4) is 11.5 Å². The number of nitrogens with one attached hydrogen (secondary N) is 2. The topological polar surface area (TPSA) is 85.9 Å². The predicted octanol–water partition coefficient (Wildman–Crippen LogP) is 4.11. The van der Waals surface area contributed by atoms with Gasteiger partial charge in [-0.1, -0.05) is 0 Å². The molecule has 2 aromatic rings. The minimum atomic E-state index is -0.411. The molecule has 8 heteroatoms. The lowest BCUT2D eigenvalue weighted by atomic mass is 9.81. The molecule has 3 heterocycles. The maximum atomic E-state index is 13.1. The van der Waals surface area contributed by atoms with Crippen LogP contribution in [0.15, 0.2) is 18.2 Å². The smallest absolute Gasteiger partial charge is 0.341 e. The van der Waals surface area contributed by atoms with E-state index in [1.807, 2.05) is 0 Å². The first-order chi connectivity index (χ1) is 14.6. The van der Waals surface area contributed by atoms with Crippen LogP contribution in [-0.4, -0.2) is 37.2 Å². The zero-order valence-corrected chi connectivity index (χ0v) is 19.3. The van der Waals surface area contributed by atoms with Crippen LogP contribution in [0.1, 0.15) is 65.8 Å².